The van der Waals surface area contributed by atoms with E-state index < -0.39 is 0 Å². The topological polar surface area (TPSA) is 12.5 Å². The minimum atomic E-state index is 0.703. The molecule has 1 aliphatic carbocycles. The van der Waals surface area contributed by atoms with Gasteiger partial charge in [-0.2, -0.15) is 0 Å². The Morgan fingerprint density at radius 2 is 1.78 bits per heavy atom. The largest absolute Gasteiger partial charge is 0.370 e. The van der Waals surface area contributed by atoms with Crippen LogP contribution in [-0.2, 0) is 4.74 Å². The average Bonchev–Trinajstić information content (AvgIpc) is 3.21. The van der Waals surface area contributed by atoms with E-state index in [1.165, 1.54) is 31.3 Å². The van der Waals surface area contributed by atoms with Gasteiger partial charge in [0.2, 0.25) is 0 Å². The summed E-state index contributed by atoms with van der Waals surface area (Å²) in [6.07, 6.45) is 16.0. The van der Waals surface area contributed by atoms with Crippen molar-refractivity contribution >= 4 is 0 Å². The zero-order chi connectivity index (χ0) is 13.8. The minimum absolute atomic E-state index is 0.703. The highest BCUT2D eigenvalue weighted by atomic mass is 16.6. The molecule has 2 rings (SSSR count). The van der Waals surface area contributed by atoms with Crippen LogP contribution in [0, 0.1) is 0 Å². The van der Waals surface area contributed by atoms with Crippen LogP contribution < -0.4 is 0 Å². The second-order valence-electron chi connectivity index (χ2n) is 4.33. The Balaban J connectivity index is 0.000000285. The lowest BCUT2D eigenvalue weighted by molar-refractivity contribution is 0.373. The molecule has 1 saturated carbocycles. The summed E-state index contributed by atoms with van der Waals surface area (Å²) in [4.78, 5) is 0. The van der Waals surface area contributed by atoms with Crippen molar-refractivity contribution in [3.05, 3.63) is 36.5 Å². The fraction of sp³-hybridized carbons (Fsp3) is 0.647. The molecule has 18 heavy (non-hydrogen) atoms. The van der Waals surface area contributed by atoms with Gasteiger partial charge in [-0.25, -0.2) is 0 Å². The van der Waals surface area contributed by atoms with E-state index in [0.29, 0.717) is 12.2 Å². The summed E-state index contributed by atoms with van der Waals surface area (Å²) in [5.41, 5.74) is 1.33. The van der Waals surface area contributed by atoms with Crippen molar-refractivity contribution in [1.82, 2.24) is 0 Å². The predicted octanol–water partition coefficient (Wildman–Crippen LogP) is 5.44. The Kier molecular flexibility index (Phi) is 10.8. The van der Waals surface area contributed by atoms with Gasteiger partial charge in [0.15, 0.2) is 0 Å². The maximum absolute atomic E-state index is 5.28. The first-order valence-corrected chi connectivity index (χ1v) is 7.41. The Morgan fingerprint density at radius 3 is 2.11 bits per heavy atom. The molecule has 1 saturated heterocycles. The molecular weight excluding hydrogens is 220 g/mol. The molecule has 0 aromatic carbocycles. The molecule has 0 bridgehead atoms. The van der Waals surface area contributed by atoms with Crippen LogP contribution in [0.1, 0.15) is 59.8 Å². The molecule has 2 atom stereocenters. The summed E-state index contributed by atoms with van der Waals surface area (Å²) >= 11 is 0. The predicted molar refractivity (Wildman–Crippen MR) is 81.9 cm³/mol. The third-order valence-electron chi connectivity index (χ3n) is 3.04. The molecular formula is C17H30O. The lowest BCUT2D eigenvalue weighted by Gasteiger charge is -2.00. The van der Waals surface area contributed by atoms with Gasteiger partial charge in [-0.05, 0) is 31.8 Å². The third-order valence-corrected chi connectivity index (χ3v) is 3.04. The van der Waals surface area contributed by atoms with E-state index in [-0.39, 0.29) is 0 Å². The molecule has 1 heterocycles. The molecule has 0 aromatic heterocycles. The van der Waals surface area contributed by atoms with Gasteiger partial charge in [-0.1, -0.05) is 64.5 Å². The summed E-state index contributed by atoms with van der Waals surface area (Å²) in [6.45, 7) is 11.8. The third kappa shape index (κ3) is 7.50. The standard InChI is InChI=1S/C9H14.C6H10O.C2H6/c1-4-7-9(6-3)8-5-2;1-2-4-6-5(3-1)7-6;1-2/h4-5,7-8H,1,6H2,2-3H3;5-6H,1-4H2;1-2H3/b8-5-,9-7-;;. The lowest BCUT2D eigenvalue weighted by atomic mass is 10.0. The molecule has 1 aliphatic heterocycles. The maximum atomic E-state index is 5.28. The highest BCUT2D eigenvalue weighted by molar-refractivity contribution is 5.21. The summed E-state index contributed by atoms with van der Waals surface area (Å²) in [5, 5.41) is 0. The van der Waals surface area contributed by atoms with E-state index in [4.69, 9.17) is 4.74 Å². The molecule has 0 N–H and O–H groups in total. The minimum Gasteiger partial charge on any atom is -0.370 e. The smallest absolute Gasteiger partial charge is 0.0841 e. The van der Waals surface area contributed by atoms with Gasteiger partial charge in [0, 0.05) is 0 Å². The van der Waals surface area contributed by atoms with Crippen LogP contribution in [0.5, 0.6) is 0 Å². The Bertz CT molecular complexity index is 253. The normalized spacial score (nSPS) is 25.2. The van der Waals surface area contributed by atoms with Crippen molar-refractivity contribution in [1.29, 1.82) is 0 Å². The van der Waals surface area contributed by atoms with E-state index >= 15 is 0 Å². The zero-order valence-electron chi connectivity index (χ0n) is 12.6. The van der Waals surface area contributed by atoms with Gasteiger partial charge in [0.05, 0.1) is 12.2 Å². The van der Waals surface area contributed by atoms with Crippen molar-refractivity contribution < 1.29 is 4.74 Å². The molecule has 1 heteroatoms. The van der Waals surface area contributed by atoms with Crippen molar-refractivity contribution in [3.8, 4) is 0 Å². The average molecular weight is 250 g/mol. The lowest BCUT2D eigenvalue weighted by Crippen LogP contribution is -2.00. The van der Waals surface area contributed by atoms with Crippen molar-refractivity contribution in [2.45, 2.75) is 72.0 Å². The highest BCUT2D eigenvalue weighted by Crippen LogP contribution is 2.35. The van der Waals surface area contributed by atoms with Crippen LogP contribution in [-0.4, -0.2) is 12.2 Å². The Morgan fingerprint density at radius 1 is 1.22 bits per heavy atom. The Hall–Kier alpha value is -0.820. The molecule has 0 radical (unpaired) electrons. The number of fused-ring (bicyclic) bond motifs is 1. The van der Waals surface area contributed by atoms with Crippen LogP contribution in [0.15, 0.2) is 36.5 Å². The van der Waals surface area contributed by atoms with E-state index in [9.17, 15) is 0 Å². The van der Waals surface area contributed by atoms with Gasteiger partial charge >= 0.3 is 0 Å². The van der Waals surface area contributed by atoms with Gasteiger partial charge in [-0.15, -0.1) is 0 Å². The number of rotatable bonds is 3. The highest BCUT2D eigenvalue weighted by Gasteiger charge is 2.39. The van der Waals surface area contributed by atoms with Crippen LogP contribution in [0.25, 0.3) is 0 Å². The quantitative estimate of drug-likeness (QED) is 0.480. The van der Waals surface area contributed by atoms with E-state index in [1.807, 2.05) is 39.0 Å². The van der Waals surface area contributed by atoms with Crippen LogP contribution in [0.3, 0.4) is 0 Å². The molecule has 1 nitrogen and oxygen atoms in total. The van der Waals surface area contributed by atoms with E-state index in [0.717, 1.165) is 6.42 Å². The maximum Gasteiger partial charge on any atom is 0.0841 e. The van der Waals surface area contributed by atoms with Gasteiger partial charge in [0.25, 0.3) is 0 Å². The number of allylic oxidation sites excluding steroid dienone is 5. The molecule has 2 unspecified atom stereocenters. The number of hydrogen-bond donors (Lipinski definition) is 0. The van der Waals surface area contributed by atoms with Crippen LogP contribution >= 0.6 is 0 Å². The Labute approximate surface area is 114 Å². The van der Waals surface area contributed by atoms with Gasteiger partial charge in [0.1, 0.15) is 0 Å². The number of ether oxygens (including phenoxy) is 1. The van der Waals surface area contributed by atoms with E-state index in [1.54, 1.807) is 0 Å². The zero-order valence-corrected chi connectivity index (χ0v) is 12.6. The SMILES string of the molecule is C1CCC2OC2C1.C=C/C=C(\C=C/C)CC.CC. The fourth-order valence-corrected chi connectivity index (χ4v) is 2.03. The fourth-order valence-electron chi connectivity index (χ4n) is 2.03. The second-order valence-corrected chi connectivity index (χ2v) is 4.33. The van der Waals surface area contributed by atoms with Crippen molar-refractivity contribution in [2.24, 2.45) is 0 Å². The monoisotopic (exact) mass is 250 g/mol. The first-order valence-electron chi connectivity index (χ1n) is 7.41. The van der Waals surface area contributed by atoms with Crippen molar-refractivity contribution in [2.75, 3.05) is 0 Å². The molecule has 0 amide bonds. The van der Waals surface area contributed by atoms with Crippen LogP contribution in [0.4, 0.5) is 0 Å². The summed E-state index contributed by atoms with van der Waals surface area (Å²) in [7, 11) is 0. The number of hydrogen-bond acceptors (Lipinski definition) is 1. The molecule has 2 fully saturated rings. The molecule has 0 aromatic rings. The summed E-state index contributed by atoms with van der Waals surface area (Å²) in [5.74, 6) is 0. The van der Waals surface area contributed by atoms with E-state index in [2.05, 4.69) is 19.6 Å². The molecule has 104 valence electrons. The first-order chi connectivity index (χ1) is 8.81. The molecule has 2 aliphatic rings. The van der Waals surface area contributed by atoms with Crippen molar-refractivity contribution in [3.63, 3.8) is 0 Å². The second kappa shape index (κ2) is 11.3. The number of epoxide rings is 1. The summed E-state index contributed by atoms with van der Waals surface area (Å²) in [6, 6.07) is 0. The first kappa shape index (κ1) is 17.2. The molecule has 0 spiro atoms. The van der Waals surface area contributed by atoms with Gasteiger partial charge in [-0.3, -0.25) is 0 Å². The van der Waals surface area contributed by atoms with Gasteiger partial charge < -0.3 is 4.74 Å². The van der Waals surface area contributed by atoms with Crippen LogP contribution in [0.2, 0.25) is 0 Å². The summed E-state index contributed by atoms with van der Waals surface area (Å²) < 4.78 is 5.28.